The Labute approximate surface area is 311 Å². The number of nitrogens with two attached hydrogens (primary N) is 1. The van der Waals surface area contributed by atoms with Crippen LogP contribution in [0.5, 0.6) is 5.75 Å². The van der Waals surface area contributed by atoms with Crippen molar-refractivity contribution in [3.05, 3.63) is 143 Å². The van der Waals surface area contributed by atoms with Crippen LogP contribution in [0.3, 0.4) is 0 Å². The first-order chi connectivity index (χ1) is 26.3. The van der Waals surface area contributed by atoms with E-state index in [9.17, 15) is 9.59 Å². The van der Waals surface area contributed by atoms with Crippen LogP contribution in [-0.4, -0.2) is 60.3 Å². The Morgan fingerprint density at radius 2 is 1.83 bits per heavy atom. The number of rotatable bonds is 10. The minimum atomic E-state index is -0.435. The van der Waals surface area contributed by atoms with Crippen LogP contribution in [-0.2, 0) is 17.9 Å². The summed E-state index contributed by atoms with van der Waals surface area (Å²) in [4.78, 5) is 46.6. The van der Waals surface area contributed by atoms with Crippen molar-refractivity contribution in [3.8, 4) is 28.6 Å². The number of hydrogen-bond donors (Lipinski definition) is 2. The van der Waals surface area contributed by atoms with Crippen molar-refractivity contribution < 1.29 is 19.2 Å². The topological polar surface area (TPSA) is 155 Å². The van der Waals surface area contributed by atoms with Crippen LogP contribution in [0.2, 0.25) is 0 Å². The smallest absolute Gasteiger partial charge is 0.280 e. The molecule has 1 aliphatic rings. The number of hydroxylamine groups is 2. The maximum absolute atomic E-state index is 13.8. The second-order valence-corrected chi connectivity index (χ2v) is 13.0. The number of fused-ring (bicyclic) bond motifs is 2. The van der Waals surface area contributed by atoms with Gasteiger partial charge in [-0.2, -0.15) is 5.10 Å². The fourth-order valence-electron chi connectivity index (χ4n) is 6.82. The number of benzene rings is 3. The maximum atomic E-state index is 13.8. The minimum absolute atomic E-state index is 0.219. The quantitative estimate of drug-likeness (QED) is 0.158. The third-order valence-corrected chi connectivity index (χ3v) is 9.65. The van der Waals surface area contributed by atoms with Gasteiger partial charge in [-0.25, -0.2) is 24.7 Å². The number of ether oxygens (including phenoxy) is 1. The van der Waals surface area contributed by atoms with Gasteiger partial charge in [-0.15, -0.1) is 0 Å². The van der Waals surface area contributed by atoms with E-state index in [2.05, 4.69) is 21.5 Å². The molecule has 0 aliphatic heterocycles. The van der Waals surface area contributed by atoms with Crippen molar-refractivity contribution in [3.63, 3.8) is 0 Å². The zero-order valence-electron chi connectivity index (χ0n) is 29.9. The molecule has 1 aliphatic carbocycles. The molecule has 13 heteroatoms. The van der Waals surface area contributed by atoms with E-state index in [1.54, 1.807) is 35.3 Å². The Kier molecular flexibility index (Phi) is 9.05. The normalized spacial score (nSPS) is 13.5. The summed E-state index contributed by atoms with van der Waals surface area (Å²) in [6, 6.07) is 28.0. The van der Waals surface area contributed by atoms with E-state index in [0.29, 0.717) is 46.4 Å². The van der Waals surface area contributed by atoms with Gasteiger partial charge in [-0.3, -0.25) is 19.0 Å². The van der Waals surface area contributed by atoms with Gasteiger partial charge in [0, 0.05) is 36.9 Å². The van der Waals surface area contributed by atoms with Crippen molar-refractivity contribution in [2.75, 3.05) is 19.9 Å². The molecule has 3 aromatic carbocycles. The molecule has 0 fully saturated rings. The molecular weight excluding hydrogens is 683 g/mol. The molecule has 7 aromatic rings. The molecule has 4 heterocycles. The van der Waals surface area contributed by atoms with Gasteiger partial charge in [0.15, 0.2) is 17.3 Å². The number of nitrogen functional groups attached to an aromatic ring is 1. The lowest BCUT2D eigenvalue weighted by Crippen LogP contribution is -2.29. The van der Waals surface area contributed by atoms with Gasteiger partial charge in [0.05, 0.1) is 24.3 Å². The predicted molar refractivity (Wildman–Crippen MR) is 203 cm³/mol. The van der Waals surface area contributed by atoms with Gasteiger partial charge in [0.25, 0.3) is 11.8 Å². The van der Waals surface area contributed by atoms with Crippen LogP contribution in [0.1, 0.15) is 55.4 Å². The Morgan fingerprint density at radius 3 is 2.61 bits per heavy atom. The van der Waals surface area contributed by atoms with Gasteiger partial charge in [0.2, 0.25) is 0 Å². The van der Waals surface area contributed by atoms with Crippen molar-refractivity contribution in [2.45, 2.75) is 32.4 Å². The Hall–Kier alpha value is -6.86. The number of aromatic nitrogens is 6. The molecular formula is C41H37N9O4. The van der Waals surface area contributed by atoms with Crippen LogP contribution in [0.25, 0.3) is 34.1 Å². The summed E-state index contributed by atoms with van der Waals surface area (Å²) in [6.45, 7) is 2.26. The first-order valence-electron chi connectivity index (χ1n) is 17.5. The summed E-state index contributed by atoms with van der Waals surface area (Å²) in [5, 5.41) is 8.69. The fraction of sp³-hybridized carbons (Fsp3) is 0.171. The van der Waals surface area contributed by atoms with Gasteiger partial charge < -0.3 is 15.8 Å². The lowest BCUT2D eigenvalue weighted by molar-refractivity contribution is -0.0758. The monoisotopic (exact) mass is 719 g/mol. The number of amides is 2. The molecule has 13 nitrogen and oxygen atoms in total. The second kappa shape index (κ2) is 14.3. The summed E-state index contributed by atoms with van der Waals surface area (Å²) in [7, 11) is 2.92. The second-order valence-electron chi connectivity index (χ2n) is 13.0. The Bertz CT molecular complexity index is 2510. The number of imidazole rings is 1. The number of carbonyl (C=O) groups is 2. The summed E-state index contributed by atoms with van der Waals surface area (Å²) >= 11 is 0. The maximum Gasteiger partial charge on any atom is 0.280 e. The number of nitrogens with zero attached hydrogens (tertiary/aromatic N) is 7. The van der Waals surface area contributed by atoms with Gasteiger partial charge >= 0.3 is 0 Å². The van der Waals surface area contributed by atoms with Gasteiger partial charge in [0.1, 0.15) is 23.7 Å². The van der Waals surface area contributed by atoms with E-state index < -0.39 is 5.91 Å². The predicted octanol–water partition coefficient (Wildman–Crippen LogP) is 6.19. The standard InChI is InChI=1S/C41H37N9O4/c1-25-21-35(49-20-8-19-44-49)46-39-36(25)47-38(31-11-7-18-43-37(31)42)50(39)29-14-15-30-27(22-29)12-16-33(30)45-40(51)28-13-17-34(32(23-28)41(52)48(2)53-3)54-24-26-9-5-4-6-10-26/h4-11,13-15,17-23,33H,12,16,24H2,1-3H3,(H2,42,43)(H,45,51)/t33-/m0/s1. The van der Waals surface area contributed by atoms with E-state index in [4.69, 9.17) is 25.3 Å². The third kappa shape index (κ3) is 6.41. The van der Waals surface area contributed by atoms with E-state index in [1.165, 1.54) is 14.2 Å². The highest BCUT2D eigenvalue weighted by Crippen LogP contribution is 2.37. The molecule has 3 N–H and O–H groups in total. The first-order valence-corrected chi connectivity index (χ1v) is 17.5. The molecule has 8 rings (SSSR count). The van der Waals surface area contributed by atoms with Crippen LogP contribution in [0.4, 0.5) is 5.82 Å². The van der Waals surface area contributed by atoms with Crippen LogP contribution in [0, 0.1) is 6.92 Å². The highest BCUT2D eigenvalue weighted by Gasteiger charge is 2.28. The number of pyridine rings is 2. The van der Waals surface area contributed by atoms with Crippen LogP contribution >= 0.6 is 0 Å². The molecule has 0 spiro atoms. The number of aryl methyl sites for hydroxylation is 2. The lowest BCUT2D eigenvalue weighted by Gasteiger charge is -2.19. The molecule has 0 unspecified atom stereocenters. The number of nitrogens with one attached hydrogen (secondary N) is 1. The van der Waals surface area contributed by atoms with E-state index in [-0.39, 0.29) is 24.1 Å². The Morgan fingerprint density at radius 1 is 0.981 bits per heavy atom. The lowest BCUT2D eigenvalue weighted by atomic mass is 10.0. The highest BCUT2D eigenvalue weighted by molar-refractivity contribution is 6.01. The van der Waals surface area contributed by atoms with Gasteiger partial charge in [-0.1, -0.05) is 36.4 Å². The zero-order valence-corrected chi connectivity index (χ0v) is 29.9. The minimum Gasteiger partial charge on any atom is -0.488 e. The first kappa shape index (κ1) is 34.2. The molecule has 0 saturated carbocycles. The van der Waals surface area contributed by atoms with E-state index in [1.807, 2.05) is 84.4 Å². The molecule has 0 radical (unpaired) electrons. The molecule has 0 saturated heterocycles. The van der Waals surface area contributed by atoms with Crippen molar-refractivity contribution in [2.24, 2.45) is 0 Å². The average molecular weight is 720 g/mol. The highest BCUT2D eigenvalue weighted by atomic mass is 16.7. The summed E-state index contributed by atoms with van der Waals surface area (Å²) in [6.07, 6.45) is 6.66. The molecule has 1 atom stereocenters. The van der Waals surface area contributed by atoms with E-state index in [0.717, 1.165) is 44.9 Å². The number of hydrogen-bond acceptors (Lipinski definition) is 9. The van der Waals surface area contributed by atoms with Crippen LogP contribution in [0.15, 0.2) is 110 Å². The Balaban J connectivity index is 1.11. The number of carbonyl (C=O) groups excluding carboxylic acids is 2. The van der Waals surface area contributed by atoms with Crippen molar-refractivity contribution in [1.29, 1.82) is 0 Å². The van der Waals surface area contributed by atoms with Crippen LogP contribution < -0.4 is 15.8 Å². The zero-order chi connectivity index (χ0) is 37.3. The molecule has 270 valence electrons. The largest absolute Gasteiger partial charge is 0.488 e. The van der Waals surface area contributed by atoms with E-state index >= 15 is 0 Å². The van der Waals surface area contributed by atoms with Crippen molar-refractivity contribution in [1.82, 2.24) is 39.7 Å². The summed E-state index contributed by atoms with van der Waals surface area (Å²) in [5.41, 5.74) is 13.9. The molecule has 2 amide bonds. The summed E-state index contributed by atoms with van der Waals surface area (Å²) < 4.78 is 9.76. The molecule has 54 heavy (non-hydrogen) atoms. The SMILES string of the molecule is CON(C)C(=O)c1cc(C(=O)N[C@H]2CCc3cc(-n4c(-c5cccnc5N)nc5c(C)cc(-n6cccn6)nc54)ccc32)ccc1OCc1ccccc1. The number of anilines is 1. The summed E-state index contributed by atoms with van der Waals surface area (Å²) in [5.74, 6) is 1.25. The third-order valence-electron chi connectivity index (χ3n) is 9.65. The molecule has 4 aromatic heterocycles. The fourth-order valence-corrected chi connectivity index (χ4v) is 6.82. The average Bonchev–Trinajstić information content (AvgIpc) is 3.97. The van der Waals surface area contributed by atoms with Crippen molar-refractivity contribution >= 4 is 28.8 Å². The van der Waals surface area contributed by atoms with Gasteiger partial charge in [-0.05, 0) is 96.6 Å². The molecule has 0 bridgehead atoms.